The summed E-state index contributed by atoms with van der Waals surface area (Å²) in [7, 11) is 0. The molecule has 134 valence electrons. The highest BCUT2D eigenvalue weighted by Gasteiger charge is 2.19. The van der Waals surface area contributed by atoms with Gasteiger partial charge in [-0.3, -0.25) is 9.89 Å². The number of anilines is 1. The summed E-state index contributed by atoms with van der Waals surface area (Å²) in [5.74, 6) is 0.819. The molecule has 6 heteroatoms. The topological polar surface area (TPSA) is 43.8 Å². The number of aryl methyl sites for hydroxylation is 2. The Labute approximate surface area is 156 Å². The first kappa shape index (κ1) is 19.3. The zero-order valence-corrected chi connectivity index (χ0v) is 16.1. The third-order valence-corrected chi connectivity index (χ3v) is 4.41. The van der Waals surface area contributed by atoms with Crippen LogP contribution in [0.15, 0.2) is 41.6 Å². The highest BCUT2D eigenvalue weighted by atomic mass is 32.1. The van der Waals surface area contributed by atoms with Crippen molar-refractivity contribution in [3.8, 4) is 0 Å². The summed E-state index contributed by atoms with van der Waals surface area (Å²) in [6.45, 7) is 14.4. The number of aromatic nitrogens is 1. The van der Waals surface area contributed by atoms with Crippen LogP contribution in [0, 0.1) is 13.8 Å². The van der Waals surface area contributed by atoms with Crippen LogP contribution in [0.3, 0.4) is 0 Å². The number of hydrogen-bond donors (Lipinski definition) is 1. The standard InChI is InChI=1S/C19H27N5S/c1-5-17(13-20-6-2)14-23-7-9-24(10-8-23)19(25)22-18-12-15(3)11-16(4)21-18/h5-6,11-13H,1,7-10,14H2,2-4H3,(H,21,22,25)/b17-13+,20-6?. The minimum Gasteiger partial charge on any atom is -0.346 e. The molecule has 1 aliphatic heterocycles. The van der Waals surface area contributed by atoms with E-state index in [4.69, 9.17) is 12.2 Å². The minimum absolute atomic E-state index is 0.743. The van der Waals surface area contributed by atoms with Gasteiger partial charge in [-0.1, -0.05) is 12.7 Å². The van der Waals surface area contributed by atoms with E-state index in [1.807, 2.05) is 32.2 Å². The highest BCUT2D eigenvalue weighted by Crippen LogP contribution is 2.12. The Morgan fingerprint density at radius 3 is 2.64 bits per heavy atom. The first-order valence-corrected chi connectivity index (χ1v) is 8.95. The number of nitrogens with one attached hydrogen (secondary N) is 1. The Balaban J connectivity index is 1.86. The van der Waals surface area contributed by atoms with E-state index in [2.05, 4.69) is 44.7 Å². The molecule has 1 aliphatic rings. The lowest BCUT2D eigenvalue weighted by atomic mass is 10.2. The summed E-state index contributed by atoms with van der Waals surface area (Å²) < 4.78 is 0. The molecule has 0 spiro atoms. The maximum atomic E-state index is 5.56. The second kappa shape index (κ2) is 9.44. The fourth-order valence-corrected chi connectivity index (χ4v) is 3.08. The minimum atomic E-state index is 0.743. The molecule has 0 aliphatic carbocycles. The van der Waals surface area contributed by atoms with E-state index >= 15 is 0 Å². The van der Waals surface area contributed by atoms with Gasteiger partial charge < -0.3 is 10.2 Å². The normalized spacial score (nSPS) is 16.3. The molecule has 1 aromatic heterocycles. The van der Waals surface area contributed by atoms with Crippen molar-refractivity contribution in [2.75, 3.05) is 38.0 Å². The Kier molecular flexibility index (Phi) is 7.28. The van der Waals surface area contributed by atoms with E-state index in [0.29, 0.717) is 0 Å². The molecule has 2 rings (SSSR count). The van der Waals surface area contributed by atoms with Gasteiger partial charge in [-0.25, -0.2) is 4.98 Å². The van der Waals surface area contributed by atoms with Gasteiger partial charge in [-0.05, 0) is 56.3 Å². The van der Waals surface area contributed by atoms with Crippen molar-refractivity contribution in [3.05, 3.63) is 47.8 Å². The fraction of sp³-hybridized carbons (Fsp3) is 0.421. The average molecular weight is 358 g/mol. The van der Waals surface area contributed by atoms with Crippen molar-refractivity contribution in [2.45, 2.75) is 20.8 Å². The molecular formula is C19H27N5S. The van der Waals surface area contributed by atoms with Crippen LogP contribution in [0.5, 0.6) is 0 Å². The molecule has 0 aromatic carbocycles. The van der Waals surface area contributed by atoms with Crippen molar-refractivity contribution < 1.29 is 0 Å². The number of aliphatic imine (C=N–C) groups is 1. The number of hydrogen-bond acceptors (Lipinski definition) is 4. The first-order chi connectivity index (χ1) is 12.0. The molecule has 0 radical (unpaired) electrons. The number of piperazine rings is 1. The molecule has 5 nitrogen and oxygen atoms in total. The summed E-state index contributed by atoms with van der Waals surface area (Å²) >= 11 is 5.56. The van der Waals surface area contributed by atoms with Crippen LogP contribution >= 0.6 is 12.2 Å². The van der Waals surface area contributed by atoms with Crippen molar-refractivity contribution in [1.82, 2.24) is 14.8 Å². The zero-order chi connectivity index (χ0) is 18.2. The van der Waals surface area contributed by atoms with Crippen LogP contribution in [0.4, 0.5) is 5.82 Å². The quantitative estimate of drug-likeness (QED) is 0.498. The maximum absolute atomic E-state index is 5.56. The third kappa shape index (κ3) is 6.07. The lowest BCUT2D eigenvalue weighted by Crippen LogP contribution is -2.50. The van der Waals surface area contributed by atoms with Crippen molar-refractivity contribution >= 4 is 29.4 Å². The smallest absolute Gasteiger partial charge is 0.174 e. The monoisotopic (exact) mass is 357 g/mol. The largest absolute Gasteiger partial charge is 0.346 e. The number of thiocarbonyl (C=S) groups is 1. The van der Waals surface area contributed by atoms with Crippen LogP contribution in [0.2, 0.25) is 0 Å². The van der Waals surface area contributed by atoms with Gasteiger partial charge in [0.25, 0.3) is 0 Å². The van der Waals surface area contributed by atoms with Crippen LogP contribution in [0.25, 0.3) is 0 Å². The van der Waals surface area contributed by atoms with E-state index in [1.165, 1.54) is 5.56 Å². The molecule has 0 saturated carbocycles. The molecular weight excluding hydrogens is 330 g/mol. The predicted molar refractivity (Wildman–Crippen MR) is 110 cm³/mol. The van der Waals surface area contributed by atoms with Crippen molar-refractivity contribution in [1.29, 1.82) is 0 Å². The molecule has 0 amide bonds. The number of rotatable bonds is 5. The van der Waals surface area contributed by atoms with E-state index in [1.54, 1.807) is 6.21 Å². The van der Waals surface area contributed by atoms with Gasteiger partial charge in [0.2, 0.25) is 0 Å². The third-order valence-electron chi connectivity index (χ3n) is 4.05. The molecule has 1 fully saturated rings. The summed E-state index contributed by atoms with van der Waals surface area (Å²) in [6, 6.07) is 4.07. The van der Waals surface area contributed by atoms with Crippen LogP contribution < -0.4 is 5.32 Å². The van der Waals surface area contributed by atoms with Crippen LogP contribution in [0.1, 0.15) is 18.2 Å². The predicted octanol–water partition coefficient (Wildman–Crippen LogP) is 3.17. The van der Waals surface area contributed by atoms with E-state index in [-0.39, 0.29) is 0 Å². The van der Waals surface area contributed by atoms with Gasteiger partial charge in [0, 0.05) is 50.8 Å². The highest BCUT2D eigenvalue weighted by molar-refractivity contribution is 7.80. The van der Waals surface area contributed by atoms with Crippen LogP contribution in [-0.2, 0) is 0 Å². The molecule has 0 bridgehead atoms. The van der Waals surface area contributed by atoms with E-state index < -0.39 is 0 Å². The summed E-state index contributed by atoms with van der Waals surface area (Å²) in [5, 5.41) is 4.01. The number of pyridine rings is 1. The van der Waals surface area contributed by atoms with Crippen LogP contribution in [-0.4, -0.2) is 58.8 Å². The van der Waals surface area contributed by atoms with E-state index in [0.717, 1.165) is 54.9 Å². The second-order valence-corrected chi connectivity index (χ2v) is 6.57. The summed E-state index contributed by atoms with van der Waals surface area (Å²) in [4.78, 5) is 13.3. The Bertz CT molecular complexity index is 652. The van der Waals surface area contributed by atoms with Gasteiger partial charge >= 0.3 is 0 Å². The van der Waals surface area contributed by atoms with Crippen molar-refractivity contribution in [2.24, 2.45) is 4.99 Å². The van der Waals surface area contributed by atoms with Gasteiger partial charge in [-0.15, -0.1) is 0 Å². The lowest BCUT2D eigenvalue weighted by molar-refractivity contribution is 0.197. The molecule has 25 heavy (non-hydrogen) atoms. The molecule has 1 saturated heterocycles. The number of nitrogens with zero attached hydrogens (tertiary/aromatic N) is 4. The average Bonchev–Trinajstić information content (AvgIpc) is 2.58. The summed E-state index contributed by atoms with van der Waals surface area (Å²) in [5.41, 5.74) is 3.31. The van der Waals surface area contributed by atoms with Crippen molar-refractivity contribution in [3.63, 3.8) is 0 Å². The molecule has 0 atom stereocenters. The van der Waals surface area contributed by atoms with Gasteiger partial charge in [0.1, 0.15) is 5.82 Å². The SMILES string of the molecule is C=C/C(=C\N=CC)CN1CCN(C(=S)Nc2cc(C)cc(C)n2)CC1. The lowest BCUT2D eigenvalue weighted by Gasteiger charge is -2.36. The first-order valence-electron chi connectivity index (χ1n) is 8.54. The fourth-order valence-electron chi connectivity index (χ4n) is 2.79. The summed E-state index contributed by atoms with van der Waals surface area (Å²) in [6.07, 6.45) is 5.53. The van der Waals surface area contributed by atoms with E-state index in [9.17, 15) is 0 Å². The molecule has 0 unspecified atom stereocenters. The molecule has 2 heterocycles. The zero-order valence-electron chi connectivity index (χ0n) is 15.3. The maximum Gasteiger partial charge on any atom is 0.174 e. The molecule has 1 aromatic rings. The van der Waals surface area contributed by atoms with Gasteiger partial charge in [-0.2, -0.15) is 0 Å². The second-order valence-electron chi connectivity index (χ2n) is 6.18. The Hall–Kier alpha value is -2.05. The molecule has 1 N–H and O–H groups in total. The Morgan fingerprint density at radius 2 is 2.04 bits per heavy atom. The van der Waals surface area contributed by atoms with Gasteiger partial charge in [0.05, 0.1) is 0 Å². The Morgan fingerprint density at radius 1 is 1.32 bits per heavy atom. The van der Waals surface area contributed by atoms with Gasteiger partial charge in [0.15, 0.2) is 5.11 Å².